The number of carbonyl (C=O) groups excluding carboxylic acids is 1. The summed E-state index contributed by atoms with van der Waals surface area (Å²) in [6.07, 6.45) is 0. The van der Waals surface area contributed by atoms with Gasteiger partial charge in [0.25, 0.3) is 5.69 Å². The number of pyridine rings is 1. The highest BCUT2D eigenvalue weighted by Crippen LogP contribution is 2.38. The molecule has 3 heterocycles. The van der Waals surface area contributed by atoms with Gasteiger partial charge in [0.05, 0.1) is 15.6 Å². The number of nitrogens with two attached hydrogens (primary N) is 1. The number of nitro benzene ring substituents is 1. The minimum atomic E-state index is -0.533. The van der Waals surface area contributed by atoms with Crippen molar-refractivity contribution in [3.8, 4) is 11.3 Å². The molecule has 0 spiro atoms. The summed E-state index contributed by atoms with van der Waals surface area (Å²) in [6, 6.07) is 9.09. The molecule has 1 aromatic carbocycles. The van der Waals surface area contributed by atoms with Gasteiger partial charge in [0.2, 0.25) is 5.78 Å². The molecule has 0 fully saturated rings. The summed E-state index contributed by atoms with van der Waals surface area (Å²) in [5.41, 5.74) is 8.75. The number of furan rings is 1. The van der Waals surface area contributed by atoms with Gasteiger partial charge in [0, 0.05) is 28.8 Å². The number of ketones is 1. The molecular weight excluding hydrogens is 414 g/mol. The highest BCUT2D eigenvalue weighted by atomic mass is 35.5. The number of nitrogen functional groups attached to an aromatic ring is 1. The second-order valence-corrected chi connectivity index (χ2v) is 7.93. The van der Waals surface area contributed by atoms with Crippen LogP contribution in [0.4, 0.5) is 11.4 Å². The highest BCUT2D eigenvalue weighted by molar-refractivity contribution is 7.21. The number of aryl methyl sites for hydroxylation is 2. The van der Waals surface area contributed by atoms with Crippen LogP contribution in [0, 0.1) is 24.0 Å². The molecular formula is C20H14ClN3O4S. The minimum Gasteiger partial charge on any atom is -0.453 e. The van der Waals surface area contributed by atoms with Crippen molar-refractivity contribution in [3.63, 3.8) is 0 Å². The maximum atomic E-state index is 13.0. The van der Waals surface area contributed by atoms with Crippen molar-refractivity contribution in [2.75, 3.05) is 5.73 Å². The van der Waals surface area contributed by atoms with Gasteiger partial charge in [-0.2, -0.15) is 0 Å². The van der Waals surface area contributed by atoms with E-state index in [2.05, 4.69) is 4.98 Å². The number of benzene rings is 1. The van der Waals surface area contributed by atoms with E-state index in [0.29, 0.717) is 26.7 Å². The van der Waals surface area contributed by atoms with Gasteiger partial charge < -0.3 is 10.2 Å². The summed E-state index contributed by atoms with van der Waals surface area (Å²) in [5, 5.41) is 11.8. The molecule has 3 aromatic heterocycles. The van der Waals surface area contributed by atoms with Crippen LogP contribution in [0.15, 0.2) is 40.8 Å². The Hall–Kier alpha value is -3.23. The number of nitrogens with zero attached hydrogens (tertiary/aromatic N) is 2. The zero-order chi connectivity index (χ0) is 20.9. The second-order valence-electron chi connectivity index (χ2n) is 6.52. The van der Waals surface area contributed by atoms with E-state index < -0.39 is 4.92 Å². The topological polar surface area (TPSA) is 112 Å². The number of nitro groups is 1. The Morgan fingerprint density at radius 1 is 1.24 bits per heavy atom. The molecule has 0 bridgehead atoms. The van der Waals surface area contributed by atoms with E-state index in [9.17, 15) is 14.9 Å². The van der Waals surface area contributed by atoms with E-state index in [0.717, 1.165) is 16.6 Å². The van der Waals surface area contributed by atoms with Crippen molar-refractivity contribution in [1.29, 1.82) is 0 Å². The van der Waals surface area contributed by atoms with Gasteiger partial charge in [0.15, 0.2) is 5.76 Å². The van der Waals surface area contributed by atoms with Crippen molar-refractivity contribution in [1.82, 2.24) is 4.98 Å². The number of hydrogen-bond acceptors (Lipinski definition) is 7. The van der Waals surface area contributed by atoms with Crippen LogP contribution in [0.1, 0.15) is 26.7 Å². The molecule has 4 aromatic rings. The SMILES string of the molecule is Cc1cc(C)c2c(N)c(C(=O)c3ccc(-c4ccc([N+](=O)[O-])cc4Cl)o3)sc2n1. The summed E-state index contributed by atoms with van der Waals surface area (Å²) in [6.45, 7) is 3.81. The molecule has 0 saturated heterocycles. The van der Waals surface area contributed by atoms with Crippen LogP contribution in [-0.2, 0) is 0 Å². The number of non-ortho nitro benzene ring substituents is 1. The Kier molecular flexibility index (Phi) is 4.60. The lowest BCUT2D eigenvalue weighted by Gasteiger charge is -2.01. The predicted octanol–water partition coefficient (Wildman–Crippen LogP) is 5.55. The lowest BCUT2D eigenvalue weighted by atomic mass is 10.1. The number of thiophene rings is 1. The average molecular weight is 428 g/mol. The summed E-state index contributed by atoms with van der Waals surface area (Å²) >= 11 is 7.37. The number of halogens is 1. The Labute approximate surface area is 173 Å². The van der Waals surface area contributed by atoms with E-state index in [4.69, 9.17) is 21.8 Å². The van der Waals surface area contributed by atoms with Crippen LogP contribution in [0.25, 0.3) is 21.5 Å². The van der Waals surface area contributed by atoms with Crippen LogP contribution in [0.2, 0.25) is 5.02 Å². The first-order valence-electron chi connectivity index (χ1n) is 8.51. The molecule has 0 atom stereocenters. The Morgan fingerprint density at radius 3 is 2.69 bits per heavy atom. The molecule has 0 aliphatic rings. The smallest absolute Gasteiger partial charge is 0.270 e. The van der Waals surface area contributed by atoms with Gasteiger partial charge in [-0.1, -0.05) is 11.6 Å². The van der Waals surface area contributed by atoms with E-state index in [1.807, 2.05) is 19.9 Å². The number of hydrogen-bond donors (Lipinski definition) is 1. The third-order valence-electron chi connectivity index (χ3n) is 4.49. The van der Waals surface area contributed by atoms with Gasteiger partial charge in [0.1, 0.15) is 15.5 Å². The number of fused-ring (bicyclic) bond motifs is 1. The van der Waals surface area contributed by atoms with Gasteiger partial charge in [-0.25, -0.2) is 4.98 Å². The van der Waals surface area contributed by atoms with Gasteiger partial charge in [-0.3, -0.25) is 14.9 Å². The van der Waals surface area contributed by atoms with Gasteiger partial charge >= 0.3 is 0 Å². The zero-order valence-corrected chi connectivity index (χ0v) is 16.9. The highest BCUT2D eigenvalue weighted by Gasteiger charge is 2.23. The molecule has 4 rings (SSSR count). The third kappa shape index (κ3) is 3.26. The maximum Gasteiger partial charge on any atom is 0.270 e. The first kappa shape index (κ1) is 19.1. The molecule has 7 nitrogen and oxygen atoms in total. The van der Waals surface area contributed by atoms with Crippen LogP contribution in [-0.4, -0.2) is 15.7 Å². The van der Waals surface area contributed by atoms with E-state index in [1.165, 1.54) is 35.6 Å². The van der Waals surface area contributed by atoms with Gasteiger partial charge in [-0.15, -0.1) is 11.3 Å². The van der Waals surface area contributed by atoms with Gasteiger partial charge in [-0.05, 0) is 43.7 Å². The normalized spacial score (nSPS) is 11.1. The molecule has 2 N–H and O–H groups in total. The van der Waals surface area contributed by atoms with Crippen molar-refractivity contribution >= 4 is 50.3 Å². The molecule has 0 aliphatic heterocycles. The molecule has 0 amide bonds. The summed E-state index contributed by atoms with van der Waals surface area (Å²) in [7, 11) is 0. The summed E-state index contributed by atoms with van der Waals surface area (Å²) in [5.74, 6) is 0.0759. The van der Waals surface area contributed by atoms with Crippen LogP contribution in [0.3, 0.4) is 0 Å². The Morgan fingerprint density at radius 2 is 2.00 bits per heavy atom. The zero-order valence-electron chi connectivity index (χ0n) is 15.4. The Balaban J connectivity index is 1.73. The number of aromatic nitrogens is 1. The third-order valence-corrected chi connectivity index (χ3v) is 5.90. The Bertz CT molecular complexity index is 1310. The number of carbonyl (C=O) groups is 1. The first-order valence-corrected chi connectivity index (χ1v) is 9.70. The van der Waals surface area contributed by atoms with Crippen LogP contribution < -0.4 is 5.73 Å². The standard InChI is InChI=1S/C20H14ClN3O4S/c1-9-7-10(2)23-20-16(9)17(22)19(29-20)18(25)15-6-5-14(28-15)12-4-3-11(24(26)27)8-13(12)21/h3-8H,22H2,1-2H3. The average Bonchev–Trinajstić information content (AvgIpc) is 3.26. The largest absolute Gasteiger partial charge is 0.453 e. The van der Waals surface area contributed by atoms with Crippen molar-refractivity contribution < 1.29 is 14.1 Å². The van der Waals surface area contributed by atoms with E-state index in [1.54, 1.807) is 6.07 Å². The minimum absolute atomic E-state index is 0.0991. The molecule has 0 unspecified atom stereocenters. The van der Waals surface area contributed by atoms with Crippen LogP contribution in [0.5, 0.6) is 0 Å². The number of anilines is 1. The van der Waals surface area contributed by atoms with Crippen molar-refractivity contribution in [2.24, 2.45) is 0 Å². The number of rotatable bonds is 4. The molecule has 0 aliphatic carbocycles. The van der Waals surface area contributed by atoms with Crippen LogP contribution >= 0.6 is 22.9 Å². The monoisotopic (exact) mass is 427 g/mol. The fraction of sp³-hybridized carbons (Fsp3) is 0.100. The van der Waals surface area contributed by atoms with E-state index >= 15 is 0 Å². The summed E-state index contributed by atoms with van der Waals surface area (Å²) < 4.78 is 5.70. The van der Waals surface area contributed by atoms with E-state index in [-0.39, 0.29) is 22.3 Å². The predicted molar refractivity (Wildman–Crippen MR) is 113 cm³/mol. The van der Waals surface area contributed by atoms with Crippen molar-refractivity contribution in [2.45, 2.75) is 13.8 Å². The lowest BCUT2D eigenvalue weighted by molar-refractivity contribution is -0.384. The molecule has 146 valence electrons. The quantitative estimate of drug-likeness (QED) is 0.259. The fourth-order valence-corrected chi connectivity index (χ4v) is 4.60. The maximum absolute atomic E-state index is 13.0. The second kappa shape index (κ2) is 6.98. The molecule has 0 saturated carbocycles. The van der Waals surface area contributed by atoms with Crippen molar-refractivity contribution in [3.05, 3.63) is 73.4 Å². The molecule has 9 heteroatoms. The first-order chi connectivity index (χ1) is 13.8. The molecule has 29 heavy (non-hydrogen) atoms. The summed E-state index contributed by atoms with van der Waals surface area (Å²) in [4.78, 5) is 28.8. The lowest BCUT2D eigenvalue weighted by Crippen LogP contribution is -2.00. The molecule has 0 radical (unpaired) electrons. The fourth-order valence-electron chi connectivity index (χ4n) is 3.17.